The number of nitrogens with zero attached hydrogens (tertiary/aromatic N) is 1. The topological polar surface area (TPSA) is 65.2 Å². The van der Waals surface area contributed by atoms with E-state index in [4.69, 9.17) is 10.5 Å². The van der Waals surface area contributed by atoms with E-state index in [0.29, 0.717) is 0 Å². The monoisotopic (exact) mass is 258 g/mol. The number of benzene rings is 1. The molecule has 2 unspecified atom stereocenters. The first kappa shape index (κ1) is 13.5. The fourth-order valence-electron chi connectivity index (χ4n) is 2.28. The van der Waals surface area contributed by atoms with Crippen molar-refractivity contribution < 1.29 is 9.53 Å². The maximum Gasteiger partial charge on any atom is 0.306 e. The third-order valence-corrected chi connectivity index (χ3v) is 3.33. The van der Waals surface area contributed by atoms with Crippen molar-refractivity contribution in [3.63, 3.8) is 0 Å². The normalized spacial score (nSPS) is 14.1. The molecule has 0 spiro atoms. The van der Waals surface area contributed by atoms with E-state index in [1.165, 1.54) is 7.11 Å². The van der Waals surface area contributed by atoms with Gasteiger partial charge in [-0.05, 0) is 24.6 Å². The van der Waals surface area contributed by atoms with Crippen molar-refractivity contribution in [1.29, 1.82) is 0 Å². The third kappa shape index (κ3) is 2.90. The number of hydrogen-bond donors (Lipinski definition) is 1. The molecule has 4 heteroatoms. The van der Waals surface area contributed by atoms with Gasteiger partial charge in [-0.1, -0.05) is 18.2 Å². The van der Waals surface area contributed by atoms with Gasteiger partial charge in [-0.2, -0.15) is 0 Å². The number of methoxy groups -OCH3 is 1. The molecular formula is C15H18N2O2. The van der Waals surface area contributed by atoms with E-state index in [0.717, 1.165) is 16.5 Å². The van der Waals surface area contributed by atoms with Gasteiger partial charge in [0.05, 0.1) is 19.0 Å². The fourth-order valence-corrected chi connectivity index (χ4v) is 2.28. The molecule has 2 N–H and O–H groups in total. The number of carbonyl (C=O) groups is 1. The maximum atomic E-state index is 11.5. The summed E-state index contributed by atoms with van der Waals surface area (Å²) in [5.74, 6) is -0.316. The van der Waals surface area contributed by atoms with Crippen molar-refractivity contribution in [3.8, 4) is 0 Å². The van der Waals surface area contributed by atoms with Gasteiger partial charge < -0.3 is 10.5 Å². The predicted molar refractivity (Wildman–Crippen MR) is 74.8 cm³/mol. The quantitative estimate of drug-likeness (QED) is 0.854. The highest BCUT2D eigenvalue weighted by molar-refractivity contribution is 5.83. The lowest BCUT2D eigenvalue weighted by Gasteiger charge is -2.21. The van der Waals surface area contributed by atoms with Crippen LogP contribution >= 0.6 is 0 Å². The lowest BCUT2D eigenvalue weighted by molar-refractivity contribution is -0.141. The lowest BCUT2D eigenvalue weighted by atomic mass is 9.88. The Kier molecular flexibility index (Phi) is 4.12. The van der Waals surface area contributed by atoms with E-state index in [1.54, 1.807) is 6.20 Å². The molecule has 1 aromatic carbocycles. The Balaban J connectivity index is 2.47. The standard InChI is InChI=1S/C15H18N2O2/c1-10(16)13(9-15(18)19-2)11-7-8-17-14-6-4-3-5-12(11)14/h3-8,10,13H,9,16H2,1-2H3. The summed E-state index contributed by atoms with van der Waals surface area (Å²) >= 11 is 0. The van der Waals surface area contributed by atoms with Crippen LogP contribution in [0.25, 0.3) is 10.9 Å². The minimum atomic E-state index is -0.247. The molecule has 0 aliphatic rings. The summed E-state index contributed by atoms with van der Waals surface area (Å²) in [6.07, 6.45) is 2.03. The molecule has 1 heterocycles. The number of rotatable bonds is 4. The number of aromatic nitrogens is 1. The van der Waals surface area contributed by atoms with Crippen LogP contribution in [0, 0.1) is 0 Å². The third-order valence-electron chi connectivity index (χ3n) is 3.33. The summed E-state index contributed by atoms with van der Waals surface area (Å²) in [5.41, 5.74) is 7.99. The van der Waals surface area contributed by atoms with Crippen molar-refractivity contribution in [1.82, 2.24) is 4.98 Å². The fraction of sp³-hybridized carbons (Fsp3) is 0.333. The summed E-state index contributed by atoms with van der Waals surface area (Å²) in [7, 11) is 1.39. The highest BCUT2D eigenvalue weighted by Gasteiger charge is 2.22. The van der Waals surface area contributed by atoms with Crippen LogP contribution in [0.5, 0.6) is 0 Å². The van der Waals surface area contributed by atoms with E-state index in [1.807, 2.05) is 37.3 Å². The van der Waals surface area contributed by atoms with Crippen LogP contribution in [0.3, 0.4) is 0 Å². The molecule has 0 aliphatic heterocycles. The zero-order valence-electron chi connectivity index (χ0n) is 11.2. The summed E-state index contributed by atoms with van der Waals surface area (Å²) in [4.78, 5) is 15.9. The molecule has 2 aromatic rings. The van der Waals surface area contributed by atoms with E-state index >= 15 is 0 Å². The second-order valence-corrected chi connectivity index (χ2v) is 4.66. The molecular weight excluding hydrogens is 240 g/mol. The van der Waals surface area contributed by atoms with Crippen LogP contribution < -0.4 is 5.73 Å². The Labute approximate surface area is 112 Å². The average molecular weight is 258 g/mol. The first-order chi connectivity index (χ1) is 9.13. The van der Waals surface area contributed by atoms with Crippen molar-refractivity contribution in [2.45, 2.75) is 25.3 Å². The number of hydrogen-bond acceptors (Lipinski definition) is 4. The average Bonchev–Trinajstić information content (AvgIpc) is 2.43. The Morgan fingerprint density at radius 3 is 2.79 bits per heavy atom. The SMILES string of the molecule is COC(=O)CC(c1ccnc2ccccc12)C(C)N. The van der Waals surface area contributed by atoms with Crippen LogP contribution in [0.15, 0.2) is 36.5 Å². The zero-order chi connectivity index (χ0) is 13.8. The number of fused-ring (bicyclic) bond motifs is 1. The molecule has 2 atom stereocenters. The van der Waals surface area contributed by atoms with E-state index in [2.05, 4.69) is 4.98 Å². The highest BCUT2D eigenvalue weighted by Crippen LogP contribution is 2.29. The maximum absolute atomic E-state index is 11.5. The zero-order valence-corrected chi connectivity index (χ0v) is 11.2. The van der Waals surface area contributed by atoms with Crippen LogP contribution in [-0.4, -0.2) is 24.1 Å². The van der Waals surface area contributed by atoms with Gasteiger partial charge in [-0.15, -0.1) is 0 Å². The summed E-state index contributed by atoms with van der Waals surface area (Å²) in [5, 5.41) is 1.04. The Morgan fingerprint density at radius 1 is 1.37 bits per heavy atom. The number of carbonyl (C=O) groups excluding carboxylic acids is 1. The predicted octanol–water partition coefficient (Wildman–Crippen LogP) is 2.23. The molecule has 0 radical (unpaired) electrons. The number of ether oxygens (including phenoxy) is 1. The molecule has 0 bridgehead atoms. The second-order valence-electron chi connectivity index (χ2n) is 4.66. The van der Waals surface area contributed by atoms with Gasteiger partial charge in [0.15, 0.2) is 0 Å². The molecule has 0 saturated carbocycles. The van der Waals surface area contributed by atoms with Gasteiger partial charge in [0.1, 0.15) is 0 Å². The largest absolute Gasteiger partial charge is 0.469 e. The molecule has 1 aromatic heterocycles. The summed E-state index contributed by atoms with van der Waals surface area (Å²) in [6, 6.07) is 9.66. The summed E-state index contributed by atoms with van der Waals surface area (Å²) < 4.78 is 4.75. The van der Waals surface area contributed by atoms with E-state index in [9.17, 15) is 4.79 Å². The van der Waals surface area contributed by atoms with Crippen molar-refractivity contribution >= 4 is 16.9 Å². The molecule has 4 nitrogen and oxygen atoms in total. The van der Waals surface area contributed by atoms with Gasteiger partial charge in [0, 0.05) is 23.5 Å². The van der Waals surface area contributed by atoms with E-state index < -0.39 is 0 Å². The number of esters is 1. The second kappa shape index (κ2) is 5.80. The summed E-state index contributed by atoms with van der Waals surface area (Å²) in [6.45, 7) is 1.91. The Bertz CT molecular complexity index is 576. The molecule has 100 valence electrons. The first-order valence-electron chi connectivity index (χ1n) is 6.29. The molecule has 0 aliphatic carbocycles. The lowest BCUT2D eigenvalue weighted by Crippen LogP contribution is -2.27. The molecule has 2 rings (SSSR count). The molecule has 0 fully saturated rings. The van der Waals surface area contributed by atoms with Crippen LogP contribution in [0.2, 0.25) is 0 Å². The van der Waals surface area contributed by atoms with Crippen LogP contribution in [0.4, 0.5) is 0 Å². The molecule has 0 saturated heterocycles. The highest BCUT2D eigenvalue weighted by atomic mass is 16.5. The minimum absolute atomic E-state index is 0.0691. The molecule has 19 heavy (non-hydrogen) atoms. The Morgan fingerprint density at radius 2 is 2.11 bits per heavy atom. The molecule has 0 amide bonds. The van der Waals surface area contributed by atoms with Crippen molar-refractivity contribution in [2.75, 3.05) is 7.11 Å². The number of pyridine rings is 1. The van der Waals surface area contributed by atoms with Crippen LogP contribution in [-0.2, 0) is 9.53 Å². The van der Waals surface area contributed by atoms with Crippen molar-refractivity contribution in [2.24, 2.45) is 5.73 Å². The number of para-hydroxylation sites is 1. The van der Waals surface area contributed by atoms with Crippen molar-refractivity contribution in [3.05, 3.63) is 42.1 Å². The first-order valence-corrected chi connectivity index (χ1v) is 6.29. The van der Waals surface area contributed by atoms with E-state index in [-0.39, 0.29) is 24.3 Å². The minimum Gasteiger partial charge on any atom is -0.469 e. The Hall–Kier alpha value is -1.94. The van der Waals surface area contributed by atoms with Gasteiger partial charge in [-0.25, -0.2) is 0 Å². The van der Waals surface area contributed by atoms with Gasteiger partial charge in [0.25, 0.3) is 0 Å². The smallest absolute Gasteiger partial charge is 0.306 e. The van der Waals surface area contributed by atoms with Crippen LogP contribution in [0.1, 0.15) is 24.8 Å². The van der Waals surface area contributed by atoms with Gasteiger partial charge in [0.2, 0.25) is 0 Å². The number of nitrogens with two attached hydrogens (primary N) is 1. The van der Waals surface area contributed by atoms with Gasteiger partial charge in [-0.3, -0.25) is 9.78 Å². The van der Waals surface area contributed by atoms with Gasteiger partial charge >= 0.3 is 5.97 Å².